The van der Waals surface area contributed by atoms with Gasteiger partial charge in [0, 0.05) is 49.2 Å². The zero-order chi connectivity index (χ0) is 16.2. The lowest BCUT2D eigenvalue weighted by Crippen LogP contribution is -2.26. The minimum atomic E-state index is 0.362. The first-order valence-corrected chi connectivity index (χ1v) is 7.72. The van der Waals surface area contributed by atoms with E-state index in [1.165, 1.54) is 0 Å². The third-order valence-corrected chi connectivity index (χ3v) is 4.02. The molecule has 0 radical (unpaired) electrons. The molecule has 0 aliphatic carbocycles. The molecule has 1 aliphatic rings. The van der Waals surface area contributed by atoms with Gasteiger partial charge >= 0.3 is 0 Å². The Bertz CT molecular complexity index is 655. The standard InChI is InChI=1S/C17H22N4O2/c1-12-18-6-4-17(19-12)20-13-5-7-21(11-13)14-8-15(22-2)10-16(9-14)23-3/h4,6,8-10,13H,5,7,11H2,1-3H3,(H,18,19,20)/t13-/m0/s1. The molecule has 1 aromatic carbocycles. The quantitative estimate of drug-likeness (QED) is 0.915. The Kier molecular flexibility index (Phi) is 4.50. The molecule has 0 unspecified atom stereocenters. The molecule has 23 heavy (non-hydrogen) atoms. The van der Waals surface area contributed by atoms with Crippen molar-refractivity contribution in [2.24, 2.45) is 0 Å². The van der Waals surface area contributed by atoms with Crippen molar-refractivity contribution in [2.75, 3.05) is 37.5 Å². The molecule has 1 aromatic heterocycles. The molecule has 1 N–H and O–H groups in total. The van der Waals surface area contributed by atoms with Crippen LogP contribution in [0.15, 0.2) is 30.5 Å². The van der Waals surface area contributed by atoms with Gasteiger partial charge in [-0.1, -0.05) is 0 Å². The summed E-state index contributed by atoms with van der Waals surface area (Å²) in [6.45, 7) is 3.80. The zero-order valence-electron chi connectivity index (χ0n) is 13.7. The molecule has 0 bridgehead atoms. The van der Waals surface area contributed by atoms with Crippen LogP contribution in [-0.4, -0.2) is 43.3 Å². The summed E-state index contributed by atoms with van der Waals surface area (Å²) in [5.74, 6) is 3.28. The van der Waals surface area contributed by atoms with Gasteiger partial charge in [0.05, 0.1) is 14.2 Å². The van der Waals surface area contributed by atoms with Gasteiger partial charge in [0.1, 0.15) is 23.1 Å². The van der Waals surface area contributed by atoms with Crippen molar-refractivity contribution >= 4 is 11.5 Å². The molecule has 0 saturated carbocycles. The third kappa shape index (κ3) is 3.64. The number of hydrogen-bond acceptors (Lipinski definition) is 6. The lowest BCUT2D eigenvalue weighted by atomic mass is 10.2. The van der Waals surface area contributed by atoms with Crippen molar-refractivity contribution in [3.8, 4) is 11.5 Å². The molecular formula is C17H22N4O2. The fourth-order valence-corrected chi connectivity index (χ4v) is 2.83. The summed E-state index contributed by atoms with van der Waals surface area (Å²) in [6.07, 6.45) is 2.84. The summed E-state index contributed by atoms with van der Waals surface area (Å²) in [7, 11) is 3.34. The Balaban J connectivity index is 1.70. The first-order valence-electron chi connectivity index (χ1n) is 7.72. The lowest BCUT2D eigenvalue weighted by molar-refractivity contribution is 0.394. The van der Waals surface area contributed by atoms with Crippen LogP contribution in [0.1, 0.15) is 12.2 Å². The summed E-state index contributed by atoms with van der Waals surface area (Å²) < 4.78 is 10.7. The zero-order valence-corrected chi connectivity index (χ0v) is 13.7. The normalized spacial score (nSPS) is 17.2. The van der Waals surface area contributed by atoms with E-state index in [2.05, 4.69) is 20.2 Å². The van der Waals surface area contributed by atoms with Gasteiger partial charge in [-0.15, -0.1) is 0 Å². The van der Waals surface area contributed by atoms with E-state index in [0.717, 1.165) is 48.3 Å². The fourth-order valence-electron chi connectivity index (χ4n) is 2.83. The number of anilines is 2. The van der Waals surface area contributed by atoms with Gasteiger partial charge in [-0.3, -0.25) is 0 Å². The first kappa shape index (κ1) is 15.4. The van der Waals surface area contributed by atoms with E-state index >= 15 is 0 Å². The van der Waals surface area contributed by atoms with Gasteiger partial charge in [-0.25, -0.2) is 9.97 Å². The molecule has 122 valence electrons. The van der Waals surface area contributed by atoms with Crippen molar-refractivity contribution in [1.82, 2.24) is 9.97 Å². The van der Waals surface area contributed by atoms with E-state index < -0.39 is 0 Å². The number of aryl methyl sites for hydroxylation is 1. The average Bonchev–Trinajstić information content (AvgIpc) is 3.03. The minimum Gasteiger partial charge on any atom is -0.497 e. The van der Waals surface area contributed by atoms with Gasteiger partial charge in [0.2, 0.25) is 0 Å². The average molecular weight is 314 g/mol. The number of benzene rings is 1. The highest BCUT2D eigenvalue weighted by Crippen LogP contribution is 2.30. The van der Waals surface area contributed by atoms with E-state index in [9.17, 15) is 0 Å². The summed E-state index contributed by atoms with van der Waals surface area (Å²) >= 11 is 0. The SMILES string of the molecule is COc1cc(OC)cc(N2CC[C@H](Nc3ccnc(C)n3)C2)c1. The van der Waals surface area contributed by atoms with Crippen molar-refractivity contribution in [1.29, 1.82) is 0 Å². The molecule has 1 fully saturated rings. The summed E-state index contributed by atoms with van der Waals surface area (Å²) in [4.78, 5) is 10.9. The van der Waals surface area contributed by atoms with Crippen LogP contribution in [0.25, 0.3) is 0 Å². The van der Waals surface area contributed by atoms with Crippen LogP contribution in [0.4, 0.5) is 11.5 Å². The van der Waals surface area contributed by atoms with E-state index in [0.29, 0.717) is 6.04 Å². The number of hydrogen-bond donors (Lipinski definition) is 1. The largest absolute Gasteiger partial charge is 0.497 e. The van der Waals surface area contributed by atoms with E-state index in [1.807, 2.05) is 31.2 Å². The van der Waals surface area contributed by atoms with E-state index in [4.69, 9.17) is 9.47 Å². The van der Waals surface area contributed by atoms with Gasteiger partial charge < -0.3 is 19.7 Å². The number of ether oxygens (including phenoxy) is 2. The maximum atomic E-state index is 5.35. The Morgan fingerprint density at radius 2 is 1.91 bits per heavy atom. The Morgan fingerprint density at radius 1 is 1.17 bits per heavy atom. The van der Waals surface area contributed by atoms with Crippen LogP contribution >= 0.6 is 0 Å². The Labute approximate surface area is 136 Å². The van der Waals surface area contributed by atoms with Crippen molar-refractivity contribution in [3.63, 3.8) is 0 Å². The van der Waals surface area contributed by atoms with Crippen molar-refractivity contribution < 1.29 is 9.47 Å². The lowest BCUT2D eigenvalue weighted by Gasteiger charge is -2.20. The second-order valence-electron chi connectivity index (χ2n) is 5.64. The molecule has 6 heteroatoms. The van der Waals surface area contributed by atoms with E-state index in [-0.39, 0.29) is 0 Å². The Hall–Kier alpha value is -2.50. The molecule has 1 aliphatic heterocycles. The highest BCUT2D eigenvalue weighted by Gasteiger charge is 2.23. The van der Waals surface area contributed by atoms with Gasteiger partial charge in [0.25, 0.3) is 0 Å². The van der Waals surface area contributed by atoms with Gasteiger partial charge in [0.15, 0.2) is 0 Å². The molecule has 1 saturated heterocycles. The number of aromatic nitrogens is 2. The van der Waals surface area contributed by atoms with Crippen LogP contribution in [0, 0.1) is 6.92 Å². The maximum absolute atomic E-state index is 5.35. The van der Waals surface area contributed by atoms with Crippen LogP contribution < -0.4 is 19.7 Å². The molecule has 2 aromatic rings. The van der Waals surface area contributed by atoms with Crippen molar-refractivity contribution in [3.05, 3.63) is 36.3 Å². The highest BCUT2D eigenvalue weighted by atomic mass is 16.5. The van der Waals surface area contributed by atoms with Gasteiger partial charge in [-0.05, 0) is 19.4 Å². The molecule has 6 nitrogen and oxygen atoms in total. The molecule has 0 spiro atoms. The number of nitrogens with zero attached hydrogens (tertiary/aromatic N) is 3. The third-order valence-electron chi connectivity index (χ3n) is 4.02. The highest BCUT2D eigenvalue weighted by molar-refractivity contribution is 5.57. The number of rotatable bonds is 5. The predicted molar refractivity (Wildman–Crippen MR) is 90.6 cm³/mol. The first-order chi connectivity index (χ1) is 11.2. The van der Waals surface area contributed by atoms with Crippen LogP contribution in [0.2, 0.25) is 0 Å². The molecule has 1 atom stereocenters. The van der Waals surface area contributed by atoms with Gasteiger partial charge in [-0.2, -0.15) is 0 Å². The second-order valence-corrected chi connectivity index (χ2v) is 5.64. The number of methoxy groups -OCH3 is 2. The smallest absolute Gasteiger partial charge is 0.129 e. The van der Waals surface area contributed by atoms with Crippen LogP contribution in [-0.2, 0) is 0 Å². The van der Waals surface area contributed by atoms with Crippen molar-refractivity contribution in [2.45, 2.75) is 19.4 Å². The second kappa shape index (κ2) is 6.73. The monoisotopic (exact) mass is 314 g/mol. The topological polar surface area (TPSA) is 59.5 Å². The molecular weight excluding hydrogens is 292 g/mol. The van der Waals surface area contributed by atoms with Crippen LogP contribution in [0.3, 0.4) is 0 Å². The number of nitrogens with one attached hydrogen (secondary N) is 1. The summed E-state index contributed by atoms with van der Waals surface area (Å²) in [6, 6.07) is 8.24. The maximum Gasteiger partial charge on any atom is 0.129 e. The molecule has 3 rings (SSSR count). The Morgan fingerprint density at radius 3 is 2.57 bits per heavy atom. The fraction of sp³-hybridized carbons (Fsp3) is 0.412. The summed E-state index contributed by atoms with van der Waals surface area (Å²) in [5.41, 5.74) is 1.12. The summed E-state index contributed by atoms with van der Waals surface area (Å²) in [5, 5.41) is 3.48. The molecule has 2 heterocycles. The minimum absolute atomic E-state index is 0.362. The molecule has 0 amide bonds. The predicted octanol–water partition coefficient (Wildman–Crippen LogP) is 2.49. The van der Waals surface area contributed by atoms with E-state index in [1.54, 1.807) is 20.4 Å². The van der Waals surface area contributed by atoms with Crippen LogP contribution in [0.5, 0.6) is 11.5 Å².